The zero-order valence-corrected chi connectivity index (χ0v) is 11.8. The second kappa shape index (κ2) is 7.67. The van der Waals surface area contributed by atoms with E-state index < -0.39 is 0 Å². The molecule has 5 nitrogen and oxygen atoms in total. The van der Waals surface area contributed by atoms with Crippen molar-refractivity contribution < 1.29 is 4.74 Å². The van der Waals surface area contributed by atoms with Crippen LogP contribution in [0.2, 0.25) is 0 Å². The predicted octanol–water partition coefficient (Wildman–Crippen LogP) is 2.24. The third-order valence-corrected chi connectivity index (χ3v) is 3.17. The molecule has 0 fully saturated rings. The number of aromatic amines is 1. The molecule has 4 N–H and O–H groups in total. The summed E-state index contributed by atoms with van der Waals surface area (Å²) in [4.78, 5) is 0. The summed E-state index contributed by atoms with van der Waals surface area (Å²) < 4.78 is 5.26. The lowest BCUT2D eigenvalue weighted by atomic mass is 10.1. The second-order valence-electron chi connectivity index (χ2n) is 4.78. The number of methoxy groups -OCH3 is 1. The van der Waals surface area contributed by atoms with Gasteiger partial charge in [-0.3, -0.25) is 5.10 Å². The standard InChI is InChI=1S/C15H22N4O/c1-20-11-14(6-3-8-16)18-13-5-2-4-12(10-13)15-7-9-17-19-15/h2,4-5,7,9-10,14,18H,3,6,8,11,16H2,1H3,(H,17,19). The first kappa shape index (κ1) is 14.6. The number of nitrogens with zero attached hydrogens (tertiary/aromatic N) is 1. The SMILES string of the molecule is COCC(CCCN)Nc1cccc(-c2ccn[nH]2)c1. The Morgan fingerprint density at radius 1 is 1.40 bits per heavy atom. The molecule has 1 atom stereocenters. The predicted molar refractivity (Wildman–Crippen MR) is 81.6 cm³/mol. The topological polar surface area (TPSA) is 76.0 Å². The van der Waals surface area contributed by atoms with Gasteiger partial charge >= 0.3 is 0 Å². The van der Waals surface area contributed by atoms with Gasteiger partial charge in [-0.2, -0.15) is 5.10 Å². The van der Waals surface area contributed by atoms with Crippen LogP contribution < -0.4 is 11.1 Å². The minimum Gasteiger partial charge on any atom is -0.383 e. The molecule has 1 aromatic carbocycles. The van der Waals surface area contributed by atoms with Crippen LogP contribution in [0, 0.1) is 0 Å². The summed E-state index contributed by atoms with van der Waals surface area (Å²) in [5, 5.41) is 10.5. The molecule has 0 saturated carbocycles. The first-order chi connectivity index (χ1) is 9.83. The molecule has 1 unspecified atom stereocenters. The fraction of sp³-hybridized carbons (Fsp3) is 0.400. The molecule has 0 radical (unpaired) electrons. The Kier molecular flexibility index (Phi) is 5.58. The summed E-state index contributed by atoms with van der Waals surface area (Å²) in [5.74, 6) is 0. The first-order valence-electron chi connectivity index (χ1n) is 6.89. The Morgan fingerprint density at radius 2 is 2.30 bits per heavy atom. The molecule has 5 heteroatoms. The van der Waals surface area contributed by atoms with Crippen molar-refractivity contribution in [3.8, 4) is 11.3 Å². The molecule has 0 spiro atoms. The Hall–Kier alpha value is -1.85. The third-order valence-electron chi connectivity index (χ3n) is 3.17. The van der Waals surface area contributed by atoms with E-state index in [4.69, 9.17) is 10.5 Å². The minimum absolute atomic E-state index is 0.278. The number of hydrogen-bond donors (Lipinski definition) is 3. The maximum absolute atomic E-state index is 5.57. The fourth-order valence-electron chi connectivity index (χ4n) is 2.19. The summed E-state index contributed by atoms with van der Waals surface area (Å²) in [5.41, 5.74) is 8.78. The molecule has 2 rings (SSSR count). The van der Waals surface area contributed by atoms with E-state index in [0.29, 0.717) is 13.2 Å². The molecule has 0 aliphatic rings. The van der Waals surface area contributed by atoms with E-state index >= 15 is 0 Å². The maximum Gasteiger partial charge on any atom is 0.0664 e. The van der Waals surface area contributed by atoms with Gasteiger partial charge < -0.3 is 15.8 Å². The quantitative estimate of drug-likeness (QED) is 0.690. The van der Waals surface area contributed by atoms with Crippen molar-refractivity contribution in [2.24, 2.45) is 5.73 Å². The number of H-pyrrole nitrogens is 1. The molecular formula is C15H22N4O. The zero-order valence-electron chi connectivity index (χ0n) is 11.8. The van der Waals surface area contributed by atoms with Crippen LogP contribution in [-0.4, -0.2) is 36.5 Å². The molecule has 0 aliphatic heterocycles. The fourth-order valence-corrected chi connectivity index (χ4v) is 2.19. The van der Waals surface area contributed by atoms with E-state index in [0.717, 1.165) is 29.8 Å². The highest BCUT2D eigenvalue weighted by atomic mass is 16.5. The number of nitrogens with two attached hydrogens (primary N) is 1. The van der Waals surface area contributed by atoms with E-state index in [1.807, 2.05) is 12.1 Å². The molecule has 1 heterocycles. The van der Waals surface area contributed by atoms with Crippen LogP contribution in [0.5, 0.6) is 0 Å². The first-order valence-corrected chi connectivity index (χ1v) is 6.89. The Morgan fingerprint density at radius 3 is 3.00 bits per heavy atom. The molecule has 0 saturated heterocycles. The van der Waals surface area contributed by atoms with Crippen LogP contribution in [0.3, 0.4) is 0 Å². The van der Waals surface area contributed by atoms with E-state index in [1.165, 1.54) is 0 Å². The molecular weight excluding hydrogens is 252 g/mol. The highest BCUT2D eigenvalue weighted by Crippen LogP contribution is 2.21. The maximum atomic E-state index is 5.57. The number of rotatable bonds is 8. The highest BCUT2D eigenvalue weighted by Gasteiger charge is 2.08. The molecule has 0 bridgehead atoms. The lowest BCUT2D eigenvalue weighted by Crippen LogP contribution is -2.25. The van der Waals surface area contributed by atoms with Crippen LogP contribution in [-0.2, 0) is 4.74 Å². The van der Waals surface area contributed by atoms with Gasteiger partial charge in [0.05, 0.1) is 12.3 Å². The number of benzene rings is 1. The average Bonchev–Trinajstić information content (AvgIpc) is 2.99. The van der Waals surface area contributed by atoms with Gasteiger partial charge in [-0.15, -0.1) is 0 Å². The van der Waals surface area contributed by atoms with Crippen LogP contribution in [0.25, 0.3) is 11.3 Å². The van der Waals surface area contributed by atoms with E-state index in [1.54, 1.807) is 13.3 Å². The second-order valence-corrected chi connectivity index (χ2v) is 4.78. The van der Waals surface area contributed by atoms with Crippen LogP contribution in [0.15, 0.2) is 36.5 Å². The zero-order chi connectivity index (χ0) is 14.2. The Balaban J connectivity index is 2.05. The lowest BCUT2D eigenvalue weighted by Gasteiger charge is -2.19. The number of aromatic nitrogens is 2. The summed E-state index contributed by atoms with van der Waals surface area (Å²) in [6, 6.07) is 10.5. The largest absolute Gasteiger partial charge is 0.383 e. The lowest BCUT2D eigenvalue weighted by molar-refractivity contribution is 0.182. The highest BCUT2D eigenvalue weighted by molar-refractivity contribution is 5.64. The van der Waals surface area contributed by atoms with Gasteiger partial charge in [-0.1, -0.05) is 12.1 Å². The van der Waals surface area contributed by atoms with E-state index in [9.17, 15) is 0 Å². The van der Waals surface area contributed by atoms with Gasteiger partial charge in [-0.25, -0.2) is 0 Å². The monoisotopic (exact) mass is 274 g/mol. The summed E-state index contributed by atoms with van der Waals surface area (Å²) in [6.45, 7) is 1.38. The van der Waals surface area contributed by atoms with Crippen molar-refractivity contribution >= 4 is 5.69 Å². The van der Waals surface area contributed by atoms with Gasteiger partial charge in [-0.05, 0) is 37.6 Å². The van der Waals surface area contributed by atoms with Crippen LogP contribution in [0.1, 0.15) is 12.8 Å². The van der Waals surface area contributed by atoms with Crippen molar-refractivity contribution in [3.05, 3.63) is 36.5 Å². The average molecular weight is 274 g/mol. The van der Waals surface area contributed by atoms with Gasteiger partial charge in [0, 0.05) is 30.6 Å². The molecule has 20 heavy (non-hydrogen) atoms. The minimum atomic E-state index is 0.278. The summed E-state index contributed by atoms with van der Waals surface area (Å²) in [7, 11) is 1.72. The third kappa shape index (κ3) is 4.08. The van der Waals surface area contributed by atoms with Crippen LogP contribution >= 0.6 is 0 Å². The molecule has 0 aliphatic carbocycles. The van der Waals surface area contributed by atoms with Gasteiger partial charge in [0.15, 0.2) is 0 Å². The van der Waals surface area contributed by atoms with Gasteiger partial charge in [0.25, 0.3) is 0 Å². The Labute approximate surface area is 119 Å². The number of anilines is 1. The summed E-state index contributed by atoms with van der Waals surface area (Å²) in [6.07, 6.45) is 3.74. The summed E-state index contributed by atoms with van der Waals surface area (Å²) >= 11 is 0. The Bertz CT molecular complexity index is 498. The molecule has 2 aromatic rings. The van der Waals surface area contributed by atoms with E-state index in [2.05, 4.69) is 33.7 Å². The smallest absolute Gasteiger partial charge is 0.0664 e. The number of hydrogen-bond acceptors (Lipinski definition) is 4. The van der Waals surface area contributed by atoms with Crippen molar-refractivity contribution in [2.75, 3.05) is 25.6 Å². The molecule has 108 valence electrons. The van der Waals surface area contributed by atoms with E-state index in [-0.39, 0.29) is 6.04 Å². The van der Waals surface area contributed by atoms with Crippen molar-refractivity contribution in [2.45, 2.75) is 18.9 Å². The number of ether oxygens (including phenoxy) is 1. The van der Waals surface area contributed by atoms with Gasteiger partial charge in [0.2, 0.25) is 0 Å². The molecule has 0 amide bonds. The van der Waals surface area contributed by atoms with Crippen molar-refractivity contribution in [1.29, 1.82) is 0 Å². The number of nitrogens with one attached hydrogen (secondary N) is 2. The molecule has 1 aromatic heterocycles. The van der Waals surface area contributed by atoms with Crippen molar-refractivity contribution in [3.63, 3.8) is 0 Å². The van der Waals surface area contributed by atoms with Gasteiger partial charge in [0.1, 0.15) is 0 Å². The van der Waals surface area contributed by atoms with Crippen molar-refractivity contribution in [1.82, 2.24) is 10.2 Å². The van der Waals surface area contributed by atoms with Crippen LogP contribution in [0.4, 0.5) is 5.69 Å². The normalized spacial score (nSPS) is 12.3.